The van der Waals surface area contributed by atoms with Crippen molar-refractivity contribution in [2.45, 2.75) is 10.3 Å². The number of hydrogen-bond donors (Lipinski definition) is 0. The molecule has 2 rings (SSSR count). The fraction of sp³-hybridized carbons (Fsp3) is 0.364. The molecule has 1 aromatic carbocycles. The summed E-state index contributed by atoms with van der Waals surface area (Å²) in [6.45, 7) is 0.300. The first-order valence-corrected chi connectivity index (χ1v) is 8.72. The summed E-state index contributed by atoms with van der Waals surface area (Å²) in [4.78, 5) is 11.8. The lowest BCUT2D eigenvalue weighted by Gasteiger charge is -2.21. The Morgan fingerprint density at radius 2 is 2.16 bits per heavy atom. The van der Waals surface area contributed by atoms with E-state index in [0.29, 0.717) is 16.8 Å². The molecule has 1 heterocycles. The zero-order valence-corrected chi connectivity index (χ0v) is 13.3. The number of carbonyl (C=O) groups is 1. The van der Waals surface area contributed by atoms with Crippen LogP contribution in [0.2, 0.25) is 0 Å². The zero-order chi connectivity index (χ0) is 14.0. The number of hydrogen-bond acceptors (Lipinski definition) is 5. The first kappa shape index (κ1) is 14.8. The Labute approximate surface area is 124 Å². The number of benzene rings is 1. The summed E-state index contributed by atoms with van der Waals surface area (Å²) < 4.78 is 31.4. The lowest BCUT2D eigenvalue weighted by molar-refractivity contribution is -0.141. The highest BCUT2D eigenvalue weighted by Gasteiger charge is 2.41. The van der Waals surface area contributed by atoms with Gasteiger partial charge in [0.05, 0.1) is 12.0 Å². The van der Waals surface area contributed by atoms with Gasteiger partial charge in [0.15, 0.2) is 5.37 Å². The van der Waals surface area contributed by atoms with Gasteiger partial charge in [0.1, 0.15) is 0 Å². The van der Waals surface area contributed by atoms with E-state index >= 15 is 0 Å². The first-order valence-electron chi connectivity index (χ1n) is 5.44. The summed E-state index contributed by atoms with van der Waals surface area (Å²) >= 11 is 4.49. The standard InChI is InChI=1S/C11H12BrNO4S2/c1-17-11(14)10-13(6-7-18-10)19(15,16)9-5-3-2-4-8(9)12/h2-5,10H,6-7H2,1H3. The van der Waals surface area contributed by atoms with Crippen molar-refractivity contribution in [2.75, 3.05) is 19.4 Å². The Hall–Kier alpha value is -0.570. The van der Waals surface area contributed by atoms with Gasteiger partial charge in [-0.1, -0.05) is 12.1 Å². The molecular weight excluding hydrogens is 354 g/mol. The fourth-order valence-electron chi connectivity index (χ4n) is 1.77. The number of halogens is 1. The van der Waals surface area contributed by atoms with Gasteiger partial charge in [-0.2, -0.15) is 4.31 Å². The molecule has 0 N–H and O–H groups in total. The van der Waals surface area contributed by atoms with Gasteiger partial charge >= 0.3 is 5.97 Å². The van der Waals surface area contributed by atoms with Crippen molar-refractivity contribution in [3.05, 3.63) is 28.7 Å². The highest BCUT2D eigenvalue weighted by molar-refractivity contribution is 9.10. The Bertz CT molecular complexity index is 590. The van der Waals surface area contributed by atoms with Gasteiger partial charge in [-0.3, -0.25) is 0 Å². The summed E-state index contributed by atoms with van der Waals surface area (Å²) in [6, 6.07) is 6.55. The third kappa shape index (κ3) is 2.81. The number of nitrogens with zero attached hydrogens (tertiary/aromatic N) is 1. The van der Waals surface area contributed by atoms with Gasteiger partial charge in [-0.05, 0) is 28.1 Å². The predicted octanol–water partition coefficient (Wildman–Crippen LogP) is 1.69. The highest BCUT2D eigenvalue weighted by Crippen LogP contribution is 2.33. The number of ether oxygens (including phenoxy) is 1. The van der Waals surface area contributed by atoms with Crippen molar-refractivity contribution >= 4 is 43.7 Å². The van der Waals surface area contributed by atoms with E-state index in [2.05, 4.69) is 20.7 Å². The van der Waals surface area contributed by atoms with Crippen molar-refractivity contribution < 1.29 is 17.9 Å². The summed E-state index contributed by atoms with van der Waals surface area (Å²) in [7, 11) is -2.45. The van der Waals surface area contributed by atoms with Crippen LogP contribution in [0.3, 0.4) is 0 Å². The van der Waals surface area contributed by atoms with Gasteiger partial charge in [-0.15, -0.1) is 11.8 Å². The van der Waals surface area contributed by atoms with Crippen molar-refractivity contribution in [1.82, 2.24) is 4.31 Å². The predicted molar refractivity (Wildman–Crippen MR) is 76.3 cm³/mol. The van der Waals surface area contributed by atoms with Crippen LogP contribution in [0.15, 0.2) is 33.6 Å². The Balaban J connectivity index is 2.40. The van der Waals surface area contributed by atoms with Crippen LogP contribution >= 0.6 is 27.7 Å². The smallest absolute Gasteiger partial charge is 0.334 e. The van der Waals surface area contributed by atoms with Crippen LogP contribution in [0.1, 0.15) is 0 Å². The van der Waals surface area contributed by atoms with Gasteiger partial charge in [0.2, 0.25) is 10.0 Å². The summed E-state index contributed by atoms with van der Waals surface area (Å²) in [5.41, 5.74) is 0. The van der Waals surface area contributed by atoms with Crippen molar-refractivity contribution in [3.63, 3.8) is 0 Å². The van der Waals surface area contributed by atoms with Crippen molar-refractivity contribution in [3.8, 4) is 0 Å². The summed E-state index contributed by atoms with van der Waals surface area (Å²) in [6.07, 6.45) is 0. The molecule has 1 aliphatic rings. The monoisotopic (exact) mass is 365 g/mol. The largest absolute Gasteiger partial charge is 0.467 e. The van der Waals surface area contributed by atoms with Crippen LogP contribution in [0, 0.1) is 0 Å². The molecule has 0 amide bonds. The van der Waals surface area contributed by atoms with Gasteiger partial charge in [0.25, 0.3) is 0 Å². The topological polar surface area (TPSA) is 63.7 Å². The number of esters is 1. The Morgan fingerprint density at radius 3 is 2.79 bits per heavy atom. The zero-order valence-electron chi connectivity index (χ0n) is 10.1. The molecule has 1 aliphatic heterocycles. The van der Waals surface area contributed by atoms with E-state index in [0.717, 1.165) is 0 Å². The van der Waals surface area contributed by atoms with Crippen LogP contribution in [0.25, 0.3) is 0 Å². The SMILES string of the molecule is COC(=O)C1SCCN1S(=O)(=O)c1ccccc1Br. The van der Waals surface area contributed by atoms with E-state index in [1.165, 1.54) is 29.2 Å². The third-order valence-corrected chi connectivity index (χ3v) is 6.87. The average molecular weight is 366 g/mol. The number of methoxy groups -OCH3 is 1. The fourth-order valence-corrected chi connectivity index (χ4v) is 5.82. The summed E-state index contributed by atoms with van der Waals surface area (Å²) in [5, 5.41) is -0.804. The molecule has 1 saturated heterocycles. The number of rotatable bonds is 3. The molecule has 0 saturated carbocycles. The molecule has 104 valence electrons. The molecule has 1 atom stereocenters. The molecule has 0 bridgehead atoms. The number of carbonyl (C=O) groups excluding carboxylic acids is 1. The van der Waals surface area contributed by atoms with Gasteiger partial charge in [0, 0.05) is 16.8 Å². The molecule has 0 aromatic heterocycles. The molecule has 1 unspecified atom stereocenters. The van der Waals surface area contributed by atoms with E-state index in [9.17, 15) is 13.2 Å². The van der Waals surface area contributed by atoms with E-state index in [1.807, 2.05) is 0 Å². The van der Waals surface area contributed by atoms with E-state index in [-0.39, 0.29) is 4.90 Å². The maximum atomic E-state index is 12.6. The van der Waals surface area contributed by atoms with E-state index in [1.54, 1.807) is 18.2 Å². The molecule has 1 aromatic rings. The second-order valence-corrected chi connectivity index (χ2v) is 7.69. The molecule has 1 fully saturated rings. The maximum Gasteiger partial charge on any atom is 0.334 e. The second kappa shape index (κ2) is 5.82. The molecule has 0 aliphatic carbocycles. The average Bonchev–Trinajstić information content (AvgIpc) is 2.88. The van der Waals surface area contributed by atoms with Crippen LogP contribution in [0.5, 0.6) is 0 Å². The number of sulfonamides is 1. The van der Waals surface area contributed by atoms with Crippen LogP contribution in [0.4, 0.5) is 0 Å². The highest BCUT2D eigenvalue weighted by atomic mass is 79.9. The Morgan fingerprint density at radius 1 is 1.47 bits per heavy atom. The lowest BCUT2D eigenvalue weighted by atomic mass is 10.4. The van der Waals surface area contributed by atoms with Crippen LogP contribution in [-0.2, 0) is 19.6 Å². The maximum absolute atomic E-state index is 12.6. The molecule has 0 radical (unpaired) electrons. The van der Waals surface area contributed by atoms with Gasteiger partial charge < -0.3 is 4.74 Å². The minimum atomic E-state index is -3.71. The van der Waals surface area contributed by atoms with Crippen molar-refractivity contribution in [2.24, 2.45) is 0 Å². The molecule has 5 nitrogen and oxygen atoms in total. The second-order valence-electron chi connectivity index (χ2n) is 3.79. The van der Waals surface area contributed by atoms with Crippen LogP contribution in [-0.4, -0.2) is 43.5 Å². The van der Waals surface area contributed by atoms with E-state index < -0.39 is 21.4 Å². The Kier molecular flexibility index (Phi) is 4.54. The minimum absolute atomic E-state index is 0.159. The lowest BCUT2D eigenvalue weighted by Crippen LogP contribution is -2.40. The summed E-state index contributed by atoms with van der Waals surface area (Å²) in [5.74, 6) is 0.0295. The first-order chi connectivity index (χ1) is 8.98. The minimum Gasteiger partial charge on any atom is -0.467 e. The quantitative estimate of drug-likeness (QED) is 0.762. The van der Waals surface area contributed by atoms with Crippen molar-refractivity contribution in [1.29, 1.82) is 0 Å². The van der Waals surface area contributed by atoms with Crippen LogP contribution < -0.4 is 0 Å². The van der Waals surface area contributed by atoms with E-state index in [4.69, 9.17) is 0 Å². The molecule has 19 heavy (non-hydrogen) atoms. The molecule has 0 spiro atoms. The number of thioether (sulfide) groups is 1. The normalized spacial score (nSPS) is 20.4. The molecule has 8 heteroatoms. The van der Waals surface area contributed by atoms with Gasteiger partial charge in [-0.25, -0.2) is 13.2 Å². The molecular formula is C11H12BrNO4S2. The third-order valence-electron chi connectivity index (χ3n) is 2.68.